The fourth-order valence-corrected chi connectivity index (χ4v) is 11.1. The average Bonchev–Trinajstić information content (AvgIpc) is 3.93. The molecule has 4 heteroatoms. The van der Waals surface area contributed by atoms with Gasteiger partial charge in [0.15, 0.2) is 5.82 Å². The van der Waals surface area contributed by atoms with Crippen LogP contribution in [0.4, 0.5) is 0 Å². The Morgan fingerprint density at radius 2 is 0.708 bits per heavy atom. The fourth-order valence-electron chi connectivity index (χ4n) is 11.1. The molecule has 72 heavy (non-hydrogen) atoms. The first-order chi connectivity index (χ1) is 35.3. The first kappa shape index (κ1) is 42.9. The quantitative estimate of drug-likeness (QED) is 0.152. The Kier molecular flexibility index (Phi) is 10.4. The van der Waals surface area contributed by atoms with Crippen LogP contribution in [-0.2, 0) is 0 Å². The molecule has 0 saturated heterocycles. The lowest BCUT2D eigenvalue weighted by Crippen LogP contribution is -2.03. The third-order valence-corrected chi connectivity index (χ3v) is 14.5. The summed E-state index contributed by atoms with van der Waals surface area (Å²) in [5, 5.41) is 4.83. The summed E-state index contributed by atoms with van der Waals surface area (Å²) in [5.41, 5.74) is 23.7. The standard InChI is InChI=1S/C68H50N4/c1-43-27-32-52(45(3)37-43)49-30-35-65-58(39-49)55-22-12-15-25-63(55)71(65)62-24-14-11-21-54(62)57-34-29-51(68-69-60(47-17-7-5-8-18-47)42-61(70-68)48-19-9-6-10-20-48)41-67(57)72-64-26-16-13-23-56(64)59-40-50(31-36-66(59)72)53-33-28-44(2)38-46(53)4/h5-42H,1-4H3. The molecule has 0 atom stereocenters. The van der Waals surface area contributed by atoms with E-state index in [0.29, 0.717) is 5.82 Å². The molecule has 0 aliphatic carbocycles. The Morgan fingerprint density at radius 1 is 0.278 bits per heavy atom. The molecule has 0 bridgehead atoms. The van der Waals surface area contributed by atoms with Gasteiger partial charge in [-0.25, -0.2) is 9.97 Å². The molecule has 10 aromatic carbocycles. The van der Waals surface area contributed by atoms with E-state index >= 15 is 0 Å². The first-order valence-corrected chi connectivity index (χ1v) is 24.8. The summed E-state index contributed by atoms with van der Waals surface area (Å²) in [6.45, 7) is 8.75. The fraction of sp³-hybridized carbons (Fsp3) is 0.0588. The second-order valence-corrected chi connectivity index (χ2v) is 19.2. The maximum atomic E-state index is 5.35. The second-order valence-electron chi connectivity index (χ2n) is 19.2. The molecular weight excluding hydrogens is 873 g/mol. The number of rotatable bonds is 8. The summed E-state index contributed by atoms with van der Waals surface area (Å²) in [7, 11) is 0. The van der Waals surface area contributed by atoms with Crippen molar-refractivity contribution in [1.82, 2.24) is 19.1 Å². The van der Waals surface area contributed by atoms with Crippen LogP contribution in [0.5, 0.6) is 0 Å². The largest absolute Gasteiger partial charge is 0.309 e. The van der Waals surface area contributed by atoms with Crippen LogP contribution in [0.2, 0.25) is 0 Å². The van der Waals surface area contributed by atoms with Crippen molar-refractivity contribution in [2.24, 2.45) is 0 Å². The lowest BCUT2D eigenvalue weighted by molar-refractivity contribution is 1.15. The molecule has 4 nitrogen and oxygen atoms in total. The number of benzene rings is 10. The van der Waals surface area contributed by atoms with Gasteiger partial charge in [-0.1, -0.05) is 187 Å². The van der Waals surface area contributed by atoms with Crippen LogP contribution in [0.25, 0.3) is 122 Å². The number of nitrogens with zero attached hydrogens (tertiary/aromatic N) is 4. The molecule has 0 radical (unpaired) electrons. The molecule has 3 heterocycles. The Morgan fingerprint density at radius 3 is 1.25 bits per heavy atom. The summed E-state index contributed by atoms with van der Waals surface area (Å²) in [4.78, 5) is 10.7. The van der Waals surface area contributed by atoms with Crippen molar-refractivity contribution in [3.05, 3.63) is 253 Å². The molecule has 0 unspecified atom stereocenters. The van der Waals surface area contributed by atoms with Crippen molar-refractivity contribution in [2.45, 2.75) is 27.7 Å². The van der Waals surface area contributed by atoms with Gasteiger partial charge in [0.05, 0.1) is 44.8 Å². The molecule has 0 fully saturated rings. The highest BCUT2D eigenvalue weighted by atomic mass is 15.0. The lowest BCUT2D eigenvalue weighted by atomic mass is 9.97. The molecule has 0 spiro atoms. The van der Waals surface area contributed by atoms with Crippen LogP contribution in [-0.4, -0.2) is 19.1 Å². The highest BCUT2D eigenvalue weighted by molar-refractivity contribution is 6.13. The van der Waals surface area contributed by atoms with Gasteiger partial charge >= 0.3 is 0 Å². The van der Waals surface area contributed by atoms with Crippen LogP contribution in [0.3, 0.4) is 0 Å². The minimum Gasteiger partial charge on any atom is -0.309 e. The van der Waals surface area contributed by atoms with Gasteiger partial charge in [0.1, 0.15) is 0 Å². The van der Waals surface area contributed by atoms with Gasteiger partial charge < -0.3 is 9.13 Å². The SMILES string of the molecule is Cc1ccc(-c2ccc3c(c2)c2ccccc2n3-c2ccccc2-c2ccc(-c3nc(-c4ccccc4)cc(-c4ccccc4)n3)cc2-n2c3ccccc3c3cc(-c4ccc(C)cc4C)ccc32)c(C)c1. The lowest BCUT2D eigenvalue weighted by Gasteiger charge is -2.20. The van der Waals surface area contributed by atoms with Crippen molar-refractivity contribution in [2.75, 3.05) is 0 Å². The second kappa shape index (κ2) is 17.4. The Balaban J connectivity index is 1.08. The number of hydrogen-bond acceptors (Lipinski definition) is 2. The maximum Gasteiger partial charge on any atom is 0.160 e. The van der Waals surface area contributed by atoms with E-state index in [2.05, 4.69) is 255 Å². The van der Waals surface area contributed by atoms with Gasteiger partial charge in [0, 0.05) is 49.4 Å². The topological polar surface area (TPSA) is 35.6 Å². The highest BCUT2D eigenvalue weighted by Crippen LogP contribution is 2.44. The summed E-state index contributed by atoms with van der Waals surface area (Å²) in [6, 6.07) is 83.8. The maximum absolute atomic E-state index is 5.35. The minimum absolute atomic E-state index is 0.663. The van der Waals surface area contributed by atoms with Crippen molar-refractivity contribution in [1.29, 1.82) is 0 Å². The molecule has 0 amide bonds. The number of aromatic nitrogens is 4. The van der Waals surface area contributed by atoms with Gasteiger partial charge in [-0.2, -0.15) is 0 Å². The molecule has 342 valence electrons. The zero-order valence-electron chi connectivity index (χ0n) is 40.7. The molecule has 0 aliphatic rings. The monoisotopic (exact) mass is 922 g/mol. The summed E-state index contributed by atoms with van der Waals surface area (Å²) in [5.74, 6) is 0.663. The van der Waals surface area contributed by atoms with E-state index in [1.165, 1.54) is 66.1 Å². The van der Waals surface area contributed by atoms with Crippen molar-refractivity contribution < 1.29 is 0 Å². The van der Waals surface area contributed by atoms with E-state index in [4.69, 9.17) is 9.97 Å². The molecule has 0 aliphatic heterocycles. The van der Waals surface area contributed by atoms with E-state index in [1.807, 2.05) is 12.1 Å². The molecule has 0 saturated carbocycles. The van der Waals surface area contributed by atoms with Crippen LogP contribution in [0.15, 0.2) is 231 Å². The highest BCUT2D eigenvalue weighted by Gasteiger charge is 2.23. The normalized spacial score (nSPS) is 11.6. The number of hydrogen-bond donors (Lipinski definition) is 0. The molecular formula is C68H50N4. The van der Waals surface area contributed by atoms with Crippen molar-refractivity contribution in [3.63, 3.8) is 0 Å². The summed E-state index contributed by atoms with van der Waals surface area (Å²) < 4.78 is 4.93. The van der Waals surface area contributed by atoms with Gasteiger partial charge in [0.25, 0.3) is 0 Å². The van der Waals surface area contributed by atoms with Crippen LogP contribution in [0.1, 0.15) is 22.3 Å². The van der Waals surface area contributed by atoms with E-state index < -0.39 is 0 Å². The third-order valence-electron chi connectivity index (χ3n) is 14.5. The zero-order valence-corrected chi connectivity index (χ0v) is 40.7. The van der Waals surface area contributed by atoms with E-state index in [9.17, 15) is 0 Å². The summed E-state index contributed by atoms with van der Waals surface area (Å²) in [6.07, 6.45) is 0. The zero-order chi connectivity index (χ0) is 48.5. The molecule has 13 rings (SSSR count). The third kappa shape index (κ3) is 7.30. The van der Waals surface area contributed by atoms with Crippen LogP contribution >= 0.6 is 0 Å². The number of fused-ring (bicyclic) bond motifs is 6. The predicted molar refractivity (Wildman–Crippen MR) is 302 cm³/mol. The van der Waals surface area contributed by atoms with Gasteiger partial charge in [-0.05, 0) is 116 Å². The van der Waals surface area contributed by atoms with Crippen molar-refractivity contribution in [3.8, 4) is 78.7 Å². The molecule has 0 N–H and O–H groups in total. The van der Waals surface area contributed by atoms with Gasteiger partial charge in [-0.3, -0.25) is 0 Å². The Labute approximate surface area is 419 Å². The number of aryl methyl sites for hydroxylation is 4. The minimum atomic E-state index is 0.663. The van der Waals surface area contributed by atoms with E-state index in [-0.39, 0.29) is 0 Å². The predicted octanol–water partition coefficient (Wildman–Crippen LogP) is 17.9. The van der Waals surface area contributed by atoms with E-state index in [0.717, 1.165) is 72.6 Å². The van der Waals surface area contributed by atoms with Gasteiger partial charge in [-0.15, -0.1) is 0 Å². The van der Waals surface area contributed by atoms with Crippen LogP contribution in [0, 0.1) is 27.7 Å². The number of para-hydroxylation sites is 3. The van der Waals surface area contributed by atoms with Crippen molar-refractivity contribution >= 4 is 43.6 Å². The average molecular weight is 923 g/mol. The van der Waals surface area contributed by atoms with Gasteiger partial charge in [0.2, 0.25) is 0 Å². The van der Waals surface area contributed by atoms with Crippen LogP contribution < -0.4 is 0 Å². The summed E-state index contributed by atoms with van der Waals surface area (Å²) >= 11 is 0. The molecule has 13 aromatic rings. The Hall–Kier alpha value is -9.12. The van der Waals surface area contributed by atoms with E-state index in [1.54, 1.807) is 0 Å². The Bertz CT molecular complexity index is 4190. The first-order valence-electron chi connectivity index (χ1n) is 24.8. The smallest absolute Gasteiger partial charge is 0.160 e. The molecule has 3 aromatic heterocycles.